The minimum Gasteiger partial charge on any atom is -0.449 e. The molecule has 2 aliphatic rings. The van der Waals surface area contributed by atoms with Crippen molar-refractivity contribution in [1.82, 2.24) is 10.2 Å². The number of benzene rings is 1. The van der Waals surface area contributed by atoms with Crippen molar-refractivity contribution in [3.63, 3.8) is 0 Å². The number of nitrogens with zero attached hydrogens (tertiary/aromatic N) is 3. The molecule has 0 saturated carbocycles. The Hall–Kier alpha value is -4.24. The molecule has 0 radical (unpaired) electrons. The second-order valence-corrected chi connectivity index (χ2v) is 9.64. The van der Waals surface area contributed by atoms with Crippen molar-refractivity contribution < 1.29 is 34.1 Å². The van der Waals surface area contributed by atoms with Crippen LogP contribution in [-0.4, -0.2) is 55.0 Å². The fourth-order valence-electron chi connectivity index (χ4n) is 3.62. The highest BCUT2D eigenvalue weighted by atomic mass is 32.2. The van der Waals surface area contributed by atoms with Gasteiger partial charge in [0.25, 0.3) is 17.3 Å². The summed E-state index contributed by atoms with van der Waals surface area (Å²) in [6, 6.07) is 5.85. The third-order valence-electron chi connectivity index (χ3n) is 5.25. The lowest BCUT2D eigenvalue weighted by atomic mass is 10.0. The third-order valence-corrected chi connectivity index (χ3v) is 7.43. The summed E-state index contributed by atoms with van der Waals surface area (Å²) in [4.78, 5) is 59.2. The number of nitrogens with one attached hydrogen (secondary N) is 1. The highest BCUT2D eigenvalue weighted by Crippen LogP contribution is 2.41. The third kappa shape index (κ3) is 5.06. The number of nitro benzene ring substituents is 2. The number of ether oxygens (including phenoxy) is 1. The zero-order chi connectivity index (χ0) is 26.0. The van der Waals surface area contributed by atoms with Gasteiger partial charge < -0.3 is 15.2 Å². The van der Waals surface area contributed by atoms with E-state index in [2.05, 4.69) is 5.32 Å². The van der Waals surface area contributed by atoms with Gasteiger partial charge in [-0.1, -0.05) is 12.1 Å². The summed E-state index contributed by atoms with van der Waals surface area (Å²) < 4.78 is 4.87. The van der Waals surface area contributed by atoms with Gasteiger partial charge in [0.1, 0.15) is 11.4 Å². The van der Waals surface area contributed by atoms with E-state index in [0.29, 0.717) is 0 Å². The summed E-state index contributed by atoms with van der Waals surface area (Å²) >= 11 is 2.66. The molecule has 1 aromatic carbocycles. The molecule has 1 aromatic heterocycles. The Bertz CT molecular complexity index is 1320. The van der Waals surface area contributed by atoms with Gasteiger partial charge in [0, 0.05) is 22.3 Å². The summed E-state index contributed by atoms with van der Waals surface area (Å²) in [5, 5.41) is 35.4. The zero-order valence-electron chi connectivity index (χ0n) is 18.1. The Morgan fingerprint density at radius 3 is 2.64 bits per heavy atom. The first-order valence-electron chi connectivity index (χ1n) is 10.2. The molecule has 36 heavy (non-hydrogen) atoms. The zero-order valence-corrected chi connectivity index (χ0v) is 19.7. The van der Waals surface area contributed by atoms with Gasteiger partial charge in [-0.15, -0.1) is 23.1 Å². The fraction of sp³-hybridized carbons (Fsp3) is 0.190. The van der Waals surface area contributed by atoms with Crippen LogP contribution in [0.4, 0.5) is 16.2 Å². The normalized spacial score (nSPS) is 19.0. The molecule has 2 aromatic rings. The van der Waals surface area contributed by atoms with Crippen LogP contribution < -0.4 is 5.32 Å². The van der Waals surface area contributed by atoms with Gasteiger partial charge in [-0.05, 0) is 23.6 Å². The van der Waals surface area contributed by atoms with Gasteiger partial charge >= 0.3 is 6.16 Å². The van der Waals surface area contributed by atoms with Crippen LogP contribution in [0.25, 0.3) is 6.08 Å². The number of hydrogen-bond donors (Lipinski definition) is 2. The molecule has 4 rings (SSSR count). The molecule has 2 amide bonds. The molecule has 13 nitrogen and oxygen atoms in total. The first kappa shape index (κ1) is 24.9. The van der Waals surface area contributed by atoms with Crippen LogP contribution in [0.1, 0.15) is 10.4 Å². The SMILES string of the molecule is O=C(Cc1cccs1)N[C@@H]1C(=O)N2C(OC(=O)O)=C(/C=C/c3ccc([N+](=O)[O-])cc3[N+](=O)[O-])CS[C@@H]12. The van der Waals surface area contributed by atoms with E-state index in [1.807, 2.05) is 5.38 Å². The molecule has 0 bridgehead atoms. The van der Waals surface area contributed by atoms with Gasteiger partial charge in [0.15, 0.2) is 0 Å². The number of rotatable bonds is 8. The first-order valence-corrected chi connectivity index (χ1v) is 12.1. The molecule has 3 heterocycles. The molecule has 0 spiro atoms. The fourth-order valence-corrected chi connectivity index (χ4v) is 5.62. The Balaban J connectivity index is 1.56. The molecule has 186 valence electrons. The number of carbonyl (C=O) groups excluding carboxylic acids is 2. The van der Waals surface area contributed by atoms with Crippen molar-refractivity contribution >= 4 is 58.5 Å². The smallest absolute Gasteiger partial charge is 0.449 e. The molecular formula is C21H16N4O9S2. The number of hydrogen-bond acceptors (Lipinski definition) is 10. The van der Waals surface area contributed by atoms with Crippen LogP contribution in [0, 0.1) is 20.2 Å². The number of fused-ring (bicyclic) bond motifs is 1. The van der Waals surface area contributed by atoms with Gasteiger partial charge in [-0.25, -0.2) is 4.79 Å². The first-order chi connectivity index (χ1) is 17.2. The molecule has 0 aliphatic carbocycles. The predicted molar refractivity (Wildman–Crippen MR) is 128 cm³/mol. The number of β-lactam (4-membered cyclic amide) rings is 1. The van der Waals surface area contributed by atoms with Crippen LogP contribution in [0.2, 0.25) is 0 Å². The van der Waals surface area contributed by atoms with Gasteiger partial charge in [-0.2, -0.15) is 0 Å². The molecule has 1 saturated heterocycles. The summed E-state index contributed by atoms with van der Waals surface area (Å²) in [6.07, 6.45) is 1.08. The van der Waals surface area contributed by atoms with E-state index in [1.54, 1.807) is 12.1 Å². The van der Waals surface area contributed by atoms with Crippen LogP contribution in [0.5, 0.6) is 0 Å². The van der Waals surface area contributed by atoms with Crippen molar-refractivity contribution in [1.29, 1.82) is 0 Å². The lowest BCUT2D eigenvalue weighted by Crippen LogP contribution is -2.70. The van der Waals surface area contributed by atoms with Crippen molar-refractivity contribution in [2.45, 2.75) is 17.8 Å². The second-order valence-electron chi connectivity index (χ2n) is 7.50. The molecule has 1 fully saturated rings. The summed E-state index contributed by atoms with van der Waals surface area (Å²) in [5.74, 6) is -1.00. The second kappa shape index (κ2) is 10.2. The Kier molecular flexibility index (Phi) is 7.03. The predicted octanol–water partition coefficient (Wildman–Crippen LogP) is 3.13. The largest absolute Gasteiger partial charge is 0.512 e. The molecule has 2 atom stereocenters. The number of allylic oxidation sites excluding steroid dienone is 1. The van der Waals surface area contributed by atoms with Crippen molar-refractivity contribution in [3.05, 3.63) is 83.9 Å². The quantitative estimate of drug-likeness (QED) is 0.222. The average Bonchev–Trinajstić information content (AvgIpc) is 3.33. The van der Waals surface area contributed by atoms with E-state index in [1.165, 1.54) is 41.3 Å². The molecule has 2 N–H and O–H groups in total. The lowest BCUT2D eigenvalue weighted by molar-refractivity contribution is -0.394. The van der Waals surface area contributed by atoms with E-state index in [4.69, 9.17) is 4.74 Å². The van der Waals surface area contributed by atoms with Crippen LogP contribution in [0.3, 0.4) is 0 Å². The highest BCUT2D eigenvalue weighted by molar-refractivity contribution is 8.00. The van der Waals surface area contributed by atoms with Crippen molar-refractivity contribution in [2.75, 3.05) is 5.75 Å². The Labute approximate surface area is 210 Å². The molecule has 15 heteroatoms. The summed E-state index contributed by atoms with van der Waals surface area (Å²) in [6.45, 7) is 0. The minimum atomic E-state index is -1.67. The van der Waals surface area contributed by atoms with Gasteiger partial charge in [-0.3, -0.25) is 34.7 Å². The standard InChI is InChI=1S/C21H16N4O9S2/c26-16(9-14-2-1-7-35-14)22-17-18(27)23-19(34-21(28)29)12(10-36-20(17)23)4-3-11-5-6-13(24(30)31)8-15(11)25(32)33/h1-8,17,20H,9-10H2,(H,22,26)(H,28,29)/b4-3+/t17-,20+/m1/s1. The number of carboxylic acid groups (broad SMARTS) is 1. The maximum atomic E-state index is 12.8. The summed E-state index contributed by atoms with van der Waals surface area (Å²) in [5.41, 5.74) is -0.685. The molecular weight excluding hydrogens is 516 g/mol. The Morgan fingerprint density at radius 2 is 2.00 bits per heavy atom. The van der Waals surface area contributed by atoms with Gasteiger partial charge in [0.05, 0.1) is 27.9 Å². The lowest BCUT2D eigenvalue weighted by Gasteiger charge is -2.48. The monoisotopic (exact) mass is 532 g/mol. The van der Waals surface area contributed by atoms with Crippen LogP contribution >= 0.6 is 23.1 Å². The minimum absolute atomic E-state index is 0.0357. The molecule has 2 aliphatic heterocycles. The average molecular weight is 533 g/mol. The van der Waals surface area contributed by atoms with Crippen LogP contribution in [0.15, 0.2) is 53.2 Å². The number of carbonyl (C=O) groups is 3. The topological polar surface area (TPSA) is 182 Å². The van der Waals surface area contributed by atoms with Gasteiger partial charge in [0.2, 0.25) is 11.8 Å². The van der Waals surface area contributed by atoms with E-state index in [-0.39, 0.29) is 35.1 Å². The van der Waals surface area contributed by atoms with E-state index in [0.717, 1.165) is 21.9 Å². The summed E-state index contributed by atoms with van der Waals surface area (Å²) in [7, 11) is 0. The van der Waals surface area contributed by atoms with E-state index >= 15 is 0 Å². The van der Waals surface area contributed by atoms with Crippen molar-refractivity contribution in [2.24, 2.45) is 0 Å². The Morgan fingerprint density at radius 1 is 1.22 bits per heavy atom. The molecule has 0 unspecified atom stereocenters. The number of amides is 2. The van der Waals surface area contributed by atoms with E-state index in [9.17, 15) is 39.7 Å². The highest BCUT2D eigenvalue weighted by Gasteiger charge is 2.53. The number of nitro groups is 2. The maximum Gasteiger partial charge on any atom is 0.512 e. The number of non-ortho nitro benzene ring substituents is 1. The maximum absolute atomic E-state index is 12.8. The van der Waals surface area contributed by atoms with Crippen LogP contribution in [-0.2, 0) is 20.7 Å². The number of thioether (sulfide) groups is 1. The van der Waals surface area contributed by atoms with E-state index < -0.39 is 44.7 Å². The van der Waals surface area contributed by atoms with Crippen molar-refractivity contribution in [3.8, 4) is 0 Å². The number of thiophene rings is 1.